The lowest BCUT2D eigenvalue weighted by atomic mass is 10.1. The third-order valence-corrected chi connectivity index (χ3v) is 3.91. The van der Waals surface area contributed by atoms with Gasteiger partial charge in [0, 0.05) is 27.2 Å². The molecule has 0 aliphatic carbocycles. The predicted octanol–water partition coefficient (Wildman–Crippen LogP) is 4.69. The first-order chi connectivity index (χ1) is 9.45. The quantitative estimate of drug-likeness (QED) is 0.314. The fourth-order valence-electron chi connectivity index (χ4n) is 1.93. The van der Waals surface area contributed by atoms with E-state index >= 15 is 0 Å². The van der Waals surface area contributed by atoms with E-state index in [1.54, 1.807) is 14.1 Å². The molecule has 0 aromatic rings. The van der Waals surface area contributed by atoms with Crippen LogP contribution < -0.4 is 0 Å². The molecule has 0 aromatic heterocycles. The number of amides is 2. The van der Waals surface area contributed by atoms with E-state index in [2.05, 4.69) is 0 Å². The van der Waals surface area contributed by atoms with Crippen LogP contribution in [0.3, 0.4) is 0 Å². The van der Waals surface area contributed by atoms with E-state index < -0.39 is 0 Å². The third-order valence-electron chi connectivity index (χ3n) is 3.34. The summed E-state index contributed by atoms with van der Waals surface area (Å²) in [5.74, 6) is 0. The molecule has 0 heterocycles. The van der Waals surface area contributed by atoms with Gasteiger partial charge in [-0.2, -0.15) is 0 Å². The highest BCUT2D eigenvalue weighted by atomic mass is 35.5. The minimum Gasteiger partial charge on any atom is -0.332 e. The van der Waals surface area contributed by atoms with Gasteiger partial charge in [-0.05, 0) is 36.0 Å². The number of halogens is 2. The lowest BCUT2D eigenvalue weighted by Crippen LogP contribution is -2.21. The monoisotopic (exact) mass is 324 g/mol. The standard InChI is InChI=1S/C14H26Cl2N2O2/c1-17(13(15)19)11-9-7-5-3-4-6-8-10-12-18(2)14(16)20/h3-12H2,1-2H3. The molecular formula is C14H26Cl2N2O2. The zero-order chi connectivity index (χ0) is 15.4. The molecule has 0 fully saturated rings. The van der Waals surface area contributed by atoms with E-state index in [0.29, 0.717) is 0 Å². The van der Waals surface area contributed by atoms with Gasteiger partial charge in [0.1, 0.15) is 0 Å². The van der Waals surface area contributed by atoms with Crippen molar-refractivity contribution in [3.05, 3.63) is 0 Å². The van der Waals surface area contributed by atoms with Crippen LogP contribution in [0.1, 0.15) is 51.4 Å². The van der Waals surface area contributed by atoms with Gasteiger partial charge < -0.3 is 9.80 Å². The van der Waals surface area contributed by atoms with Crippen LogP contribution in [0.25, 0.3) is 0 Å². The highest BCUT2D eigenvalue weighted by Gasteiger charge is 2.03. The van der Waals surface area contributed by atoms with E-state index in [1.165, 1.54) is 35.5 Å². The minimum atomic E-state index is -0.384. The van der Waals surface area contributed by atoms with Crippen molar-refractivity contribution in [2.45, 2.75) is 51.4 Å². The number of carbonyl (C=O) groups is 2. The minimum absolute atomic E-state index is 0.384. The molecule has 0 saturated heterocycles. The maximum atomic E-state index is 10.8. The summed E-state index contributed by atoms with van der Waals surface area (Å²) in [4.78, 5) is 24.6. The largest absolute Gasteiger partial charge is 0.332 e. The van der Waals surface area contributed by atoms with Gasteiger partial charge in [0.05, 0.1) is 0 Å². The third kappa shape index (κ3) is 11.4. The molecule has 0 saturated carbocycles. The number of nitrogens with zero attached hydrogens (tertiary/aromatic N) is 2. The van der Waals surface area contributed by atoms with Crippen LogP contribution in [0.5, 0.6) is 0 Å². The zero-order valence-corrected chi connectivity index (χ0v) is 14.0. The van der Waals surface area contributed by atoms with Gasteiger partial charge in [0.25, 0.3) is 0 Å². The summed E-state index contributed by atoms with van der Waals surface area (Å²) in [7, 11) is 3.44. The maximum absolute atomic E-state index is 10.8. The van der Waals surface area contributed by atoms with E-state index in [9.17, 15) is 9.59 Å². The van der Waals surface area contributed by atoms with Crippen LogP contribution in [0.2, 0.25) is 0 Å². The van der Waals surface area contributed by atoms with Gasteiger partial charge in [-0.1, -0.05) is 38.5 Å². The lowest BCUT2D eigenvalue weighted by molar-refractivity contribution is 0.230. The van der Waals surface area contributed by atoms with Crippen LogP contribution >= 0.6 is 23.2 Å². The van der Waals surface area contributed by atoms with Gasteiger partial charge in [-0.15, -0.1) is 0 Å². The zero-order valence-electron chi connectivity index (χ0n) is 12.5. The summed E-state index contributed by atoms with van der Waals surface area (Å²) in [5, 5.41) is -0.768. The topological polar surface area (TPSA) is 40.6 Å². The van der Waals surface area contributed by atoms with Gasteiger partial charge in [0.2, 0.25) is 0 Å². The highest BCUT2D eigenvalue weighted by Crippen LogP contribution is 2.10. The average molecular weight is 325 g/mol. The molecule has 6 heteroatoms. The molecule has 0 radical (unpaired) electrons. The van der Waals surface area contributed by atoms with Gasteiger partial charge in [-0.25, -0.2) is 0 Å². The fourth-order valence-corrected chi connectivity index (χ4v) is 2.10. The van der Waals surface area contributed by atoms with Crippen molar-refractivity contribution in [3.8, 4) is 0 Å². The molecule has 2 amide bonds. The summed E-state index contributed by atoms with van der Waals surface area (Å²) in [6.45, 7) is 1.47. The normalized spacial score (nSPS) is 10.4. The van der Waals surface area contributed by atoms with Crippen molar-refractivity contribution in [1.82, 2.24) is 9.80 Å². The number of unbranched alkanes of at least 4 members (excludes halogenated alkanes) is 7. The van der Waals surface area contributed by atoms with Gasteiger partial charge >= 0.3 is 10.7 Å². The highest BCUT2D eigenvalue weighted by molar-refractivity contribution is 6.63. The Kier molecular flexibility index (Phi) is 12.0. The van der Waals surface area contributed by atoms with E-state index in [1.807, 2.05) is 0 Å². The van der Waals surface area contributed by atoms with Gasteiger partial charge in [-0.3, -0.25) is 9.59 Å². The van der Waals surface area contributed by atoms with E-state index in [-0.39, 0.29) is 10.7 Å². The van der Waals surface area contributed by atoms with Gasteiger partial charge in [0.15, 0.2) is 0 Å². The molecule has 0 N–H and O–H groups in total. The molecule has 0 aliphatic heterocycles. The molecule has 20 heavy (non-hydrogen) atoms. The summed E-state index contributed by atoms with van der Waals surface area (Å²) in [6.07, 6.45) is 9.14. The smallest absolute Gasteiger partial charge is 0.316 e. The molecule has 0 unspecified atom stereocenters. The predicted molar refractivity (Wildman–Crippen MR) is 84.7 cm³/mol. The van der Waals surface area contributed by atoms with Crippen LogP contribution in [0, 0.1) is 0 Å². The van der Waals surface area contributed by atoms with Crippen molar-refractivity contribution in [1.29, 1.82) is 0 Å². The van der Waals surface area contributed by atoms with Crippen molar-refractivity contribution in [3.63, 3.8) is 0 Å². The second kappa shape index (κ2) is 12.3. The summed E-state index contributed by atoms with van der Waals surface area (Å²) in [5.41, 5.74) is 0. The molecule has 4 nitrogen and oxygen atoms in total. The van der Waals surface area contributed by atoms with Crippen LogP contribution in [0.4, 0.5) is 9.59 Å². The Bertz CT molecular complexity index is 260. The number of carbonyl (C=O) groups excluding carboxylic acids is 2. The summed E-state index contributed by atoms with van der Waals surface area (Å²) < 4.78 is 0. The van der Waals surface area contributed by atoms with E-state index in [0.717, 1.165) is 38.8 Å². The Hall–Kier alpha value is -0.480. The van der Waals surface area contributed by atoms with Crippen molar-refractivity contribution in [2.75, 3.05) is 27.2 Å². The van der Waals surface area contributed by atoms with Crippen LogP contribution in [-0.2, 0) is 0 Å². The Morgan fingerprint density at radius 3 is 1.15 bits per heavy atom. The number of rotatable bonds is 11. The number of hydrogen-bond acceptors (Lipinski definition) is 2. The first kappa shape index (κ1) is 19.5. The summed E-state index contributed by atoms with van der Waals surface area (Å²) in [6, 6.07) is 0. The first-order valence-electron chi connectivity index (χ1n) is 7.26. The molecule has 0 atom stereocenters. The maximum Gasteiger partial charge on any atom is 0.316 e. The molecule has 0 aromatic carbocycles. The lowest BCUT2D eigenvalue weighted by Gasteiger charge is -2.13. The van der Waals surface area contributed by atoms with Crippen molar-refractivity contribution < 1.29 is 9.59 Å². The van der Waals surface area contributed by atoms with Crippen molar-refractivity contribution in [2.24, 2.45) is 0 Å². The Morgan fingerprint density at radius 1 is 0.650 bits per heavy atom. The fraction of sp³-hybridized carbons (Fsp3) is 0.857. The Morgan fingerprint density at radius 2 is 0.900 bits per heavy atom. The van der Waals surface area contributed by atoms with E-state index in [4.69, 9.17) is 23.2 Å². The molecular weight excluding hydrogens is 299 g/mol. The second-order valence-corrected chi connectivity index (χ2v) is 5.82. The Balaban J connectivity index is 3.21. The molecule has 0 bridgehead atoms. The molecule has 0 aliphatic rings. The second-order valence-electron chi connectivity index (χ2n) is 5.18. The van der Waals surface area contributed by atoms with Crippen LogP contribution in [-0.4, -0.2) is 47.7 Å². The molecule has 0 rings (SSSR count). The average Bonchev–Trinajstić information content (AvgIpc) is 2.39. The van der Waals surface area contributed by atoms with Crippen LogP contribution in [0.15, 0.2) is 0 Å². The molecule has 0 spiro atoms. The SMILES string of the molecule is CN(CCCCCCCCCCN(C)C(=O)Cl)C(=O)Cl. The van der Waals surface area contributed by atoms with Crippen molar-refractivity contribution >= 4 is 33.9 Å². The molecule has 118 valence electrons. The summed E-state index contributed by atoms with van der Waals surface area (Å²) >= 11 is 10.7. The number of hydrogen-bond donors (Lipinski definition) is 0. The first-order valence-corrected chi connectivity index (χ1v) is 8.02. The Labute approximate surface area is 132 Å².